The van der Waals surface area contributed by atoms with Gasteiger partial charge in [-0.05, 0) is 42.0 Å². The van der Waals surface area contributed by atoms with Crippen LogP contribution in [-0.4, -0.2) is 22.1 Å². The Kier molecular flexibility index (Phi) is 3.27. The van der Waals surface area contributed by atoms with Crippen molar-refractivity contribution in [1.29, 1.82) is 0 Å². The second kappa shape index (κ2) is 5.57. The summed E-state index contributed by atoms with van der Waals surface area (Å²) >= 11 is 0. The molecule has 1 N–H and O–H groups in total. The summed E-state index contributed by atoms with van der Waals surface area (Å²) in [6, 6.07) is 16.3. The van der Waals surface area contributed by atoms with Crippen molar-refractivity contribution < 1.29 is 4.74 Å². The van der Waals surface area contributed by atoms with Gasteiger partial charge in [0.1, 0.15) is 5.75 Å². The van der Waals surface area contributed by atoms with Crippen LogP contribution in [0.5, 0.6) is 5.75 Å². The quantitative estimate of drug-likeness (QED) is 0.614. The number of H-pyrrole nitrogens is 1. The Balaban J connectivity index is 1.79. The van der Waals surface area contributed by atoms with Crippen LogP contribution >= 0.6 is 0 Å². The van der Waals surface area contributed by atoms with E-state index < -0.39 is 0 Å². The van der Waals surface area contributed by atoms with Crippen molar-refractivity contribution in [3.63, 3.8) is 0 Å². The lowest BCUT2D eigenvalue weighted by molar-refractivity contribution is 0.413. The van der Waals surface area contributed by atoms with Gasteiger partial charge < -0.3 is 9.72 Å². The normalized spacial score (nSPS) is 10.8. The number of rotatable bonds is 3. The van der Waals surface area contributed by atoms with Gasteiger partial charge in [0.25, 0.3) is 0 Å². The topological polar surface area (TPSA) is 50.8 Å². The molecule has 23 heavy (non-hydrogen) atoms. The second-order valence-electron chi connectivity index (χ2n) is 5.31. The van der Waals surface area contributed by atoms with Crippen molar-refractivity contribution in [3.05, 3.63) is 67.1 Å². The number of aromatic amines is 1. The highest BCUT2D eigenvalue weighted by Crippen LogP contribution is 2.28. The minimum atomic E-state index is 0.755. The Bertz CT molecular complexity index is 961. The number of fused-ring (bicyclic) bond motifs is 1. The molecule has 0 spiro atoms. The van der Waals surface area contributed by atoms with E-state index in [1.165, 1.54) is 0 Å². The van der Waals surface area contributed by atoms with E-state index in [1.807, 2.05) is 30.5 Å². The summed E-state index contributed by atoms with van der Waals surface area (Å²) in [7, 11) is 1.65. The molecule has 4 nitrogen and oxygen atoms in total. The monoisotopic (exact) mass is 301 g/mol. The van der Waals surface area contributed by atoms with Crippen molar-refractivity contribution in [1.82, 2.24) is 15.0 Å². The van der Waals surface area contributed by atoms with Gasteiger partial charge in [-0.25, -0.2) is 0 Å². The van der Waals surface area contributed by atoms with Gasteiger partial charge in [0.15, 0.2) is 0 Å². The highest BCUT2D eigenvalue weighted by molar-refractivity contribution is 5.89. The molecule has 0 bridgehead atoms. The Morgan fingerprint density at radius 1 is 0.957 bits per heavy atom. The molecule has 0 aliphatic rings. The van der Waals surface area contributed by atoms with Gasteiger partial charge in [0.05, 0.1) is 24.7 Å². The smallest absolute Gasteiger partial charge is 0.137 e. The standard InChI is InChI=1S/C19H15N3O/c1-23-16-9-15(11-20-12-16)13-5-6-17-14(8-13)10-19(22-17)18-4-2-3-7-21-18/h2-12,22H,1H3. The highest BCUT2D eigenvalue weighted by atomic mass is 16.5. The van der Waals surface area contributed by atoms with Crippen LogP contribution in [-0.2, 0) is 0 Å². The van der Waals surface area contributed by atoms with Crippen LogP contribution in [0.4, 0.5) is 0 Å². The van der Waals surface area contributed by atoms with E-state index in [1.54, 1.807) is 19.5 Å². The number of methoxy groups -OCH3 is 1. The number of nitrogens with zero attached hydrogens (tertiary/aromatic N) is 2. The van der Waals surface area contributed by atoms with Crippen molar-refractivity contribution in [3.8, 4) is 28.3 Å². The van der Waals surface area contributed by atoms with E-state index in [-0.39, 0.29) is 0 Å². The number of hydrogen-bond acceptors (Lipinski definition) is 3. The van der Waals surface area contributed by atoms with E-state index in [4.69, 9.17) is 4.74 Å². The lowest BCUT2D eigenvalue weighted by Gasteiger charge is -2.04. The van der Waals surface area contributed by atoms with E-state index in [9.17, 15) is 0 Å². The van der Waals surface area contributed by atoms with E-state index >= 15 is 0 Å². The van der Waals surface area contributed by atoms with Gasteiger partial charge in [-0.15, -0.1) is 0 Å². The number of hydrogen-bond donors (Lipinski definition) is 1. The van der Waals surface area contributed by atoms with Crippen molar-refractivity contribution in [2.45, 2.75) is 0 Å². The first-order valence-electron chi connectivity index (χ1n) is 7.37. The minimum absolute atomic E-state index is 0.755. The van der Waals surface area contributed by atoms with E-state index in [0.717, 1.165) is 39.2 Å². The van der Waals surface area contributed by atoms with Gasteiger partial charge in [0, 0.05) is 28.9 Å². The van der Waals surface area contributed by atoms with Crippen molar-refractivity contribution in [2.24, 2.45) is 0 Å². The first kappa shape index (κ1) is 13.5. The molecule has 3 aromatic heterocycles. The van der Waals surface area contributed by atoms with Gasteiger partial charge in [-0.2, -0.15) is 0 Å². The first-order valence-corrected chi connectivity index (χ1v) is 7.37. The maximum atomic E-state index is 5.25. The minimum Gasteiger partial charge on any atom is -0.495 e. The molecule has 0 radical (unpaired) electrons. The third kappa shape index (κ3) is 2.55. The van der Waals surface area contributed by atoms with Crippen LogP contribution in [0.15, 0.2) is 67.1 Å². The van der Waals surface area contributed by atoms with Gasteiger partial charge in [0.2, 0.25) is 0 Å². The molecular weight excluding hydrogens is 286 g/mol. The van der Waals surface area contributed by atoms with Gasteiger partial charge in [-0.1, -0.05) is 12.1 Å². The molecule has 0 aliphatic heterocycles. The molecule has 0 unspecified atom stereocenters. The molecule has 0 fully saturated rings. The Labute approximate surface area is 133 Å². The fraction of sp³-hybridized carbons (Fsp3) is 0.0526. The average Bonchev–Trinajstić information content (AvgIpc) is 3.06. The zero-order valence-electron chi connectivity index (χ0n) is 12.7. The van der Waals surface area contributed by atoms with Crippen LogP contribution in [0.25, 0.3) is 33.4 Å². The highest BCUT2D eigenvalue weighted by Gasteiger charge is 2.06. The molecule has 4 aromatic rings. The predicted octanol–water partition coefficient (Wildman–Crippen LogP) is 4.30. The molecule has 0 amide bonds. The lowest BCUT2D eigenvalue weighted by Crippen LogP contribution is -1.86. The Morgan fingerprint density at radius 3 is 2.74 bits per heavy atom. The summed E-state index contributed by atoms with van der Waals surface area (Å²) < 4.78 is 5.25. The third-order valence-corrected chi connectivity index (χ3v) is 3.84. The lowest BCUT2D eigenvalue weighted by atomic mass is 10.1. The van der Waals surface area contributed by atoms with Gasteiger partial charge >= 0.3 is 0 Å². The summed E-state index contributed by atoms with van der Waals surface area (Å²) in [5, 5.41) is 1.14. The molecule has 0 atom stereocenters. The van der Waals surface area contributed by atoms with Crippen molar-refractivity contribution >= 4 is 10.9 Å². The summed E-state index contributed by atoms with van der Waals surface area (Å²) in [5.74, 6) is 0.755. The SMILES string of the molecule is COc1cncc(-c2ccc3[nH]c(-c4ccccn4)cc3c2)c1. The molecule has 3 heterocycles. The molecule has 4 heteroatoms. The van der Waals surface area contributed by atoms with Crippen LogP contribution in [0, 0.1) is 0 Å². The maximum absolute atomic E-state index is 5.25. The van der Waals surface area contributed by atoms with Crippen molar-refractivity contribution in [2.75, 3.05) is 7.11 Å². The number of pyridine rings is 2. The summed E-state index contributed by atoms with van der Waals surface area (Å²) in [5.41, 5.74) is 5.18. The Hall–Kier alpha value is -3.14. The molecule has 112 valence electrons. The molecule has 4 rings (SSSR count). The molecule has 0 aliphatic carbocycles. The molecule has 0 saturated heterocycles. The fourth-order valence-electron chi connectivity index (χ4n) is 2.66. The summed E-state index contributed by atoms with van der Waals surface area (Å²) in [6.07, 6.45) is 5.35. The zero-order valence-corrected chi connectivity index (χ0v) is 12.7. The average molecular weight is 301 g/mol. The first-order chi connectivity index (χ1) is 11.3. The number of ether oxygens (including phenoxy) is 1. The summed E-state index contributed by atoms with van der Waals surface area (Å²) in [4.78, 5) is 12.0. The van der Waals surface area contributed by atoms with Gasteiger partial charge in [-0.3, -0.25) is 9.97 Å². The largest absolute Gasteiger partial charge is 0.495 e. The molecular formula is C19H15N3O. The number of nitrogens with one attached hydrogen (secondary N) is 1. The predicted molar refractivity (Wildman–Crippen MR) is 91.3 cm³/mol. The third-order valence-electron chi connectivity index (χ3n) is 3.84. The molecule has 1 aromatic carbocycles. The van der Waals surface area contributed by atoms with Crippen LogP contribution in [0.3, 0.4) is 0 Å². The van der Waals surface area contributed by atoms with E-state index in [0.29, 0.717) is 0 Å². The van der Waals surface area contributed by atoms with Crippen LogP contribution in [0.2, 0.25) is 0 Å². The number of benzene rings is 1. The fourth-order valence-corrected chi connectivity index (χ4v) is 2.66. The number of aromatic nitrogens is 3. The maximum Gasteiger partial charge on any atom is 0.137 e. The second-order valence-corrected chi connectivity index (χ2v) is 5.31. The zero-order chi connectivity index (χ0) is 15.6. The van der Waals surface area contributed by atoms with E-state index in [2.05, 4.69) is 39.2 Å². The molecule has 0 saturated carbocycles. The van der Waals surface area contributed by atoms with Crippen LogP contribution < -0.4 is 4.74 Å². The van der Waals surface area contributed by atoms with Crippen LogP contribution in [0.1, 0.15) is 0 Å². The summed E-state index contributed by atoms with van der Waals surface area (Å²) in [6.45, 7) is 0. The Morgan fingerprint density at radius 2 is 1.91 bits per heavy atom.